The Morgan fingerprint density at radius 1 is 1.29 bits per heavy atom. The van der Waals surface area contributed by atoms with Gasteiger partial charge in [0.05, 0.1) is 25.3 Å². The highest BCUT2D eigenvalue weighted by Crippen LogP contribution is 2.33. The Bertz CT molecular complexity index is 764. The molecule has 0 saturated carbocycles. The molecule has 1 unspecified atom stereocenters. The van der Waals surface area contributed by atoms with Gasteiger partial charge in [0.2, 0.25) is 5.91 Å². The van der Waals surface area contributed by atoms with Gasteiger partial charge in [-0.25, -0.2) is 9.18 Å². The zero-order chi connectivity index (χ0) is 20.3. The van der Waals surface area contributed by atoms with Gasteiger partial charge in [0.15, 0.2) is 0 Å². The summed E-state index contributed by atoms with van der Waals surface area (Å²) in [6.07, 6.45) is -0.394. The van der Waals surface area contributed by atoms with Gasteiger partial charge < -0.3 is 24.6 Å². The minimum Gasteiger partial charge on any atom is -0.460 e. The number of nitrogens with zero attached hydrogens (tertiary/aromatic N) is 2. The number of carbonyl (C=O) groups excluding carboxylic acids is 3. The van der Waals surface area contributed by atoms with Crippen LogP contribution in [0.1, 0.15) is 24.8 Å². The normalized spacial score (nSPS) is 22.0. The first-order valence-corrected chi connectivity index (χ1v) is 9.21. The van der Waals surface area contributed by atoms with E-state index in [1.54, 1.807) is 17.0 Å². The summed E-state index contributed by atoms with van der Waals surface area (Å²) in [5, 5.41) is 2.63. The van der Waals surface area contributed by atoms with Gasteiger partial charge >= 0.3 is 12.1 Å². The number of rotatable bonds is 4. The maximum Gasteiger partial charge on any atom is 0.409 e. The van der Waals surface area contributed by atoms with E-state index in [1.165, 1.54) is 20.1 Å². The van der Waals surface area contributed by atoms with Crippen LogP contribution in [-0.2, 0) is 19.1 Å². The lowest BCUT2D eigenvalue weighted by atomic mass is 9.95. The number of benzene rings is 1. The molecule has 28 heavy (non-hydrogen) atoms. The molecule has 9 heteroatoms. The molecule has 3 rings (SSSR count). The van der Waals surface area contributed by atoms with Crippen LogP contribution >= 0.6 is 0 Å². The molecule has 2 aliphatic rings. The zero-order valence-electron chi connectivity index (χ0n) is 15.9. The Labute approximate surface area is 162 Å². The van der Waals surface area contributed by atoms with E-state index in [0.717, 1.165) is 0 Å². The number of halogens is 1. The summed E-state index contributed by atoms with van der Waals surface area (Å²) in [5.41, 5.74) is 0.999. The first-order valence-electron chi connectivity index (χ1n) is 9.21. The van der Waals surface area contributed by atoms with Crippen LogP contribution in [0, 0.1) is 5.82 Å². The summed E-state index contributed by atoms with van der Waals surface area (Å²) in [7, 11) is 1.34. The van der Waals surface area contributed by atoms with Crippen LogP contribution in [0.4, 0.5) is 14.9 Å². The van der Waals surface area contributed by atoms with E-state index in [9.17, 15) is 18.8 Å². The summed E-state index contributed by atoms with van der Waals surface area (Å²) >= 11 is 0. The van der Waals surface area contributed by atoms with Crippen molar-refractivity contribution in [1.82, 2.24) is 10.2 Å². The molecule has 1 N–H and O–H groups in total. The number of hydrogen-bond donors (Lipinski definition) is 1. The van der Waals surface area contributed by atoms with Gasteiger partial charge in [-0.15, -0.1) is 0 Å². The highest BCUT2D eigenvalue weighted by atomic mass is 19.1. The molecule has 2 atom stereocenters. The predicted molar refractivity (Wildman–Crippen MR) is 98.5 cm³/mol. The van der Waals surface area contributed by atoms with Crippen LogP contribution < -0.4 is 10.2 Å². The molecule has 1 aromatic rings. The standard InChI is InChI=1S/C19H24FN3O5/c1-12(24)21-11-14-10-15(18(25)28-14)13-3-4-17(16(20)9-13)22-5-7-23(8-6-22)19(26)27-2/h3-4,9,14-15H,5-8,10-11H2,1-2H3,(H,21,24)/t14?,15-/m1/s1. The van der Waals surface area contributed by atoms with E-state index in [-0.39, 0.29) is 18.5 Å². The Morgan fingerprint density at radius 3 is 2.61 bits per heavy atom. The second-order valence-corrected chi connectivity index (χ2v) is 6.94. The molecule has 2 heterocycles. The van der Waals surface area contributed by atoms with Crippen LogP contribution in [-0.4, -0.2) is 68.8 Å². The third-order valence-electron chi connectivity index (χ3n) is 5.07. The second kappa shape index (κ2) is 8.45. The van der Waals surface area contributed by atoms with Crippen molar-refractivity contribution in [2.75, 3.05) is 44.7 Å². The molecular formula is C19H24FN3O5. The smallest absolute Gasteiger partial charge is 0.409 e. The van der Waals surface area contributed by atoms with Gasteiger partial charge in [0.1, 0.15) is 11.9 Å². The van der Waals surface area contributed by atoms with Crippen molar-refractivity contribution >= 4 is 23.7 Å². The Morgan fingerprint density at radius 2 is 2.00 bits per heavy atom. The maximum atomic E-state index is 14.7. The molecular weight excluding hydrogens is 369 g/mol. The molecule has 0 spiro atoms. The number of nitrogens with one attached hydrogen (secondary N) is 1. The van der Waals surface area contributed by atoms with Crippen molar-refractivity contribution < 1.29 is 28.2 Å². The Hall–Kier alpha value is -2.84. The number of amides is 2. The number of hydrogen-bond acceptors (Lipinski definition) is 6. The summed E-state index contributed by atoms with van der Waals surface area (Å²) in [6.45, 7) is 3.54. The number of esters is 1. The molecule has 2 amide bonds. The summed E-state index contributed by atoms with van der Waals surface area (Å²) in [4.78, 5) is 38.1. The fourth-order valence-corrected chi connectivity index (χ4v) is 3.56. The van der Waals surface area contributed by atoms with Gasteiger partial charge in [-0.2, -0.15) is 0 Å². The lowest BCUT2D eigenvalue weighted by Crippen LogP contribution is -2.49. The van der Waals surface area contributed by atoms with Crippen LogP contribution in [0.5, 0.6) is 0 Å². The minimum atomic E-state index is -0.543. The zero-order valence-corrected chi connectivity index (χ0v) is 15.9. The third kappa shape index (κ3) is 4.35. The molecule has 2 fully saturated rings. The molecule has 152 valence electrons. The molecule has 0 aliphatic carbocycles. The number of ether oxygens (including phenoxy) is 2. The molecule has 2 aliphatic heterocycles. The van der Waals surface area contributed by atoms with Gasteiger partial charge in [-0.3, -0.25) is 9.59 Å². The van der Waals surface area contributed by atoms with E-state index < -0.39 is 23.8 Å². The fourth-order valence-electron chi connectivity index (χ4n) is 3.56. The van der Waals surface area contributed by atoms with Crippen molar-refractivity contribution in [2.24, 2.45) is 0 Å². The lowest BCUT2D eigenvalue weighted by molar-refractivity contribution is -0.142. The van der Waals surface area contributed by atoms with E-state index in [4.69, 9.17) is 9.47 Å². The average Bonchev–Trinajstić information content (AvgIpc) is 3.06. The van der Waals surface area contributed by atoms with Gasteiger partial charge in [0.25, 0.3) is 0 Å². The topological polar surface area (TPSA) is 88.2 Å². The van der Waals surface area contributed by atoms with E-state index in [1.807, 2.05) is 4.90 Å². The van der Waals surface area contributed by atoms with Crippen molar-refractivity contribution in [2.45, 2.75) is 25.4 Å². The third-order valence-corrected chi connectivity index (χ3v) is 5.07. The van der Waals surface area contributed by atoms with Gasteiger partial charge in [-0.1, -0.05) is 6.07 Å². The minimum absolute atomic E-state index is 0.192. The van der Waals surface area contributed by atoms with E-state index in [0.29, 0.717) is 43.9 Å². The number of piperazine rings is 1. The van der Waals surface area contributed by atoms with E-state index >= 15 is 0 Å². The monoisotopic (exact) mass is 393 g/mol. The SMILES string of the molecule is COC(=O)N1CCN(c2ccc([C@H]3CC(CNC(C)=O)OC3=O)cc2F)CC1. The van der Waals surface area contributed by atoms with Crippen molar-refractivity contribution in [3.05, 3.63) is 29.6 Å². The maximum absolute atomic E-state index is 14.7. The average molecular weight is 393 g/mol. The molecule has 1 aromatic carbocycles. The fraction of sp³-hybridized carbons (Fsp3) is 0.526. The largest absolute Gasteiger partial charge is 0.460 e. The van der Waals surface area contributed by atoms with Crippen LogP contribution in [0.25, 0.3) is 0 Å². The van der Waals surface area contributed by atoms with Crippen LogP contribution in [0.2, 0.25) is 0 Å². The molecule has 8 nitrogen and oxygen atoms in total. The van der Waals surface area contributed by atoms with Crippen molar-refractivity contribution in [1.29, 1.82) is 0 Å². The first-order chi connectivity index (χ1) is 13.4. The van der Waals surface area contributed by atoms with Crippen LogP contribution in [0.3, 0.4) is 0 Å². The van der Waals surface area contributed by atoms with Gasteiger partial charge in [-0.05, 0) is 17.7 Å². The number of methoxy groups -OCH3 is 1. The molecule has 0 aromatic heterocycles. The number of carbonyl (C=O) groups is 3. The molecule has 0 radical (unpaired) electrons. The lowest BCUT2D eigenvalue weighted by Gasteiger charge is -2.35. The van der Waals surface area contributed by atoms with Gasteiger partial charge in [0, 0.05) is 39.5 Å². The molecule has 0 bridgehead atoms. The summed E-state index contributed by atoms with van der Waals surface area (Å²) in [6, 6.07) is 4.76. The highest BCUT2D eigenvalue weighted by Gasteiger charge is 2.36. The molecule has 2 saturated heterocycles. The summed E-state index contributed by atoms with van der Waals surface area (Å²) < 4.78 is 24.7. The predicted octanol–water partition coefficient (Wildman–Crippen LogP) is 1.25. The second-order valence-electron chi connectivity index (χ2n) is 6.94. The quantitative estimate of drug-likeness (QED) is 0.775. The summed E-state index contributed by atoms with van der Waals surface area (Å²) in [5.74, 6) is -1.56. The Balaban J connectivity index is 1.64. The first kappa shape index (κ1) is 19.9. The number of anilines is 1. The highest BCUT2D eigenvalue weighted by molar-refractivity contribution is 5.81. The van der Waals surface area contributed by atoms with Crippen LogP contribution in [0.15, 0.2) is 18.2 Å². The Kier molecular flexibility index (Phi) is 6.01. The van der Waals surface area contributed by atoms with Crippen molar-refractivity contribution in [3.8, 4) is 0 Å². The van der Waals surface area contributed by atoms with Crippen molar-refractivity contribution in [3.63, 3.8) is 0 Å². The van der Waals surface area contributed by atoms with E-state index in [2.05, 4.69) is 5.32 Å². The number of cyclic esters (lactones) is 1.